The maximum atomic E-state index is 12.1. The van der Waals surface area contributed by atoms with Gasteiger partial charge in [0.15, 0.2) is 0 Å². The molecular formula is C13H20N2O3S. The third-order valence-corrected chi connectivity index (χ3v) is 4.45. The molecule has 0 saturated carbocycles. The molecule has 0 heterocycles. The van der Waals surface area contributed by atoms with Crippen LogP contribution < -0.4 is 10.5 Å². The summed E-state index contributed by atoms with van der Waals surface area (Å²) >= 11 is 0. The fourth-order valence-corrected chi connectivity index (χ4v) is 3.16. The summed E-state index contributed by atoms with van der Waals surface area (Å²) in [5.41, 5.74) is 6.11. The molecule has 1 atom stereocenters. The van der Waals surface area contributed by atoms with Crippen LogP contribution in [-0.4, -0.2) is 20.4 Å². The topological polar surface area (TPSA) is 89.3 Å². The normalized spacial score (nSPS) is 13.2. The molecule has 3 N–H and O–H groups in total. The second kappa shape index (κ2) is 6.16. The van der Waals surface area contributed by atoms with Crippen molar-refractivity contribution in [2.45, 2.75) is 44.6 Å². The molecule has 19 heavy (non-hydrogen) atoms. The second-order valence-corrected chi connectivity index (χ2v) is 6.37. The average Bonchev–Trinajstić information content (AvgIpc) is 2.28. The molecule has 0 aliphatic carbocycles. The summed E-state index contributed by atoms with van der Waals surface area (Å²) in [5, 5.41) is 0. The minimum absolute atomic E-state index is 0.0647. The van der Waals surface area contributed by atoms with Gasteiger partial charge in [-0.3, -0.25) is 4.79 Å². The van der Waals surface area contributed by atoms with E-state index in [4.69, 9.17) is 5.73 Å². The van der Waals surface area contributed by atoms with Crippen molar-refractivity contribution in [2.75, 3.05) is 0 Å². The summed E-state index contributed by atoms with van der Waals surface area (Å²) in [6.07, 6.45) is 1.65. The zero-order chi connectivity index (χ0) is 14.6. The first-order valence-corrected chi connectivity index (χ1v) is 7.69. The smallest absolute Gasteiger partial charge is 0.249 e. The molecule has 1 aromatic rings. The minimum Gasteiger partial charge on any atom is -0.366 e. The van der Waals surface area contributed by atoms with Gasteiger partial charge in [0.25, 0.3) is 0 Å². The van der Waals surface area contributed by atoms with E-state index < -0.39 is 15.9 Å². The summed E-state index contributed by atoms with van der Waals surface area (Å²) < 4.78 is 26.9. The van der Waals surface area contributed by atoms with Crippen molar-refractivity contribution in [2.24, 2.45) is 5.73 Å². The average molecular weight is 284 g/mol. The number of carbonyl (C=O) groups excluding carboxylic acids is 1. The molecule has 0 radical (unpaired) electrons. The van der Waals surface area contributed by atoms with Crippen LogP contribution in [0, 0.1) is 6.92 Å². The van der Waals surface area contributed by atoms with Crippen LogP contribution in [-0.2, 0) is 10.0 Å². The fraction of sp³-hybridized carbons (Fsp3) is 0.462. The highest BCUT2D eigenvalue weighted by molar-refractivity contribution is 7.89. The molecule has 0 aliphatic rings. The molecule has 1 amide bonds. The van der Waals surface area contributed by atoms with Gasteiger partial charge in [-0.2, -0.15) is 0 Å². The van der Waals surface area contributed by atoms with Gasteiger partial charge in [0.1, 0.15) is 0 Å². The van der Waals surface area contributed by atoms with E-state index in [0.717, 1.165) is 12.8 Å². The molecule has 1 aromatic carbocycles. The second-order valence-electron chi connectivity index (χ2n) is 4.65. The van der Waals surface area contributed by atoms with Crippen LogP contribution in [0.2, 0.25) is 0 Å². The summed E-state index contributed by atoms with van der Waals surface area (Å²) in [4.78, 5) is 11.3. The van der Waals surface area contributed by atoms with Gasteiger partial charge in [-0.25, -0.2) is 13.1 Å². The number of nitrogens with two attached hydrogens (primary N) is 1. The molecule has 0 aromatic heterocycles. The number of nitrogens with one attached hydrogen (secondary N) is 1. The van der Waals surface area contributed by atoms with Crippen molar-refractivity contribution in [1.29, 1.82) is 0 Å². The van der Waals surface area contributed by atoms with Gasteiger partial charge in [-0.15, -0.1) is 0 Å². The van der Waals surface area contributed by atoms with Gasteiger partial charge in [-0.05, 0) is 38.0 Å². The van der Waals surface area contributed by atoms with Gasteiger partial charge in [0, 0.05) is 11.6 Å². The third kappa shape index (κ3) is 4.04. The minimum atomic E-state index is -3.61. The standard InChI is InChI=1S/C13H20N2O3S/c1-4-5-10(3)15-19(17,18)11-7-6-9(2)12(8-11)13(14)16/h6-8,10,15H,4-5H2,1-3H3,(H2,14,16)/t10-/m1/s1. The van der Waals surface area contributed by atoms with E-state index in [2.05, 4.69) is 4.72 Å². The van der Waals surface area contributed by atoms with E-state index in [1.54, 1.807) is 13.0 Å². The molecule has 0 bridgehead atoms. The molecule has 106 valence electrons. The van der Waals surface area contributed by atoms with Crippen LogP contribution in [0.15, 0.2) is 23.1 Å². The van der Waals surface area contributed by atoms with E-state index in [-0.39, 0.29) is 16.5 Å². The number of amides is 1. The largest absolute Gasteiger partial charge is 0.366 e. The van der Waals surface area contributed by atoms with Gasteiger partial charge in [0.05, 0.1) is 4.90 Å². The van der Waals surface area contributed by atoms with E-state index in [9.17, 15) is 13.2 Å². The van der Waals surface area contributed by atoms with Crippen molar-refractivity contribution in [3.05, 3.63) is 29.3 Å². The Morgan fingerprint density at radius 2 is 2.05 bits per heavy atom. The number of primary amides is 1. The van der Waals surface area contributed by atoms with Crippen molar-refractivity contribution >= 4 is 15.9 Å². The number of rotatable bonds is 6. The van der Waals surface area contributed by atoms with E-state index in [1.807, 2.05) is 13.8 Å². The molecule has 5 nitrogen and oxygen atoms in total. The maximum absolute atomic E-state index is 12.1. The Bertz CT molecular complexity index is 567. The number of hydrogen-bond acceptors (Lipinski definition) is 3. The predicted octanol–water partition coefficient (Wildman–Crippen LogP) is 1.56. The number of sulfonamides is 1. The first-order chi connectivity index (χ1) is 8.77. The zero-order valence-electron chi connectivity index (χ0n) is 11.4. The Labute approximate surface area is 114 Å². The van der Waals surface area contributed by atoms with Gasteiger partial charge in [-0.1, -0.05) is 19.4 Å². The lowest BCUT2D eigenvalue weighted by molar-refractivity contribution is 0.0999. The van der Waals surface area contributed by atoms with Gasteiger partial charge < -0.3 is 5.73 Å². The number of hydrogen-bond donors (Lipinski definition) is 2. The fourth-order valence-electron chi connectivity index (χ4n) is 1.86. The van der Waals surface area contributed by atoms with Crippen molar-refractivity contribution < 1.29 is 13.2 Å². The molecule has 6 heteroatoms. The molecule has 0 aliphatic heterocycles. The van der Waals surface area contributed by atoms with E-state index in [1.165, 1.54) is 12.1 Å². The summed E-state index contributed by atoms with van der Waals surface area (Å²) in [6, 6.07) is 4.23. The lowest BCUT2D eigenvalue weighted by atomic mass is 10.1. The number of carbonyl (C=O) groups is 1. The summed E-state index contributed by atoms with van der Waals surface area (Å²) in [5.74, 6) is -0.629. The van der Waals surface area contributed by atoms with Crippen LogP contribution in [0.4, 0.5) is 0 Å². The van der Waals surface area contributed by atoms with Crippen molar-refractivity contribution in [3.63, 3.8) is 0 Å². The Kier molecular flexibility index (Phi) is 5.08. The Morgan fingerprint density at radius 1 is 1.42 bits per heavy atom. The third-order valence-electron chi connectivity index (χ3n) is 2.86. The quantitative estimate of drug-likeness (QED) is 0.830. The highest BCUT2D eigenvalue weighted by atomic mass is 32.2. The van der Waals surface area contributed by atoms with Gasteiger partial charge >= 0.3 is 0 Å². The molecule has 0 spiro atoms. The van der Waals surface area contributed by atoms with E-state index in [0.29, 0.717) is 5.56 Å². The highest BCUT2D eigenvalue weighted by Crippen LogP contribution is 2.16. The molecule has 0 fully saturated rings. The monoisotopic (exact) mass is 284 g/mol. The van der Waals surface area contributed by atoms with Crippen molar-refractivity contribution in [3.8, 4) is 0 Å². The maximum Gasteiger partial charge on any atom is 0.249 e. The van der Waals surface area contributed by atoms with Crippen LogP contribution in [0.1, 0.15) is 42.6 Å². The Balaban J connectivity index is 3.08. The summed E-state index contributed by atoms with van der Waals surface area (Å²) in [7, 11) is -3.61. The highest BCUT2D eigenvalue weighted by Gasteiger charge is 2.19. The molecule has 1 rings (SSSR count). The zero-order valence-corrected chi connectivity index (χ0v) is 12.3. The Morgan fingerprint density at radius 3 is 2.58 bits per heavy atom. The van der Waals surface area contributed by atoms with Crippen LogP contribution in [0.3, 0.4) is 0 Å². The summed E-state index contributed by atoms with van der Waals surface area (Å²) in [6.45, 7) is 5.51. The van der Waals surface area contributed by atoms with Crippen molar-refractivity contribution in [1.82, 2.24) is 4.72 Å². The van der Waals surface area contributed by atoms with Crippen LogP contribution in [0.25, 0.3) is 0 Å². The van der Waals surface area contributed by atoms with E-state index >= 15 is 0 Å². The molecule has 0 saturated heterocycles. The van der Waals surface area contributed by atoms with Crippen LogP contribution in [0.5, 0.6) is 0 Å². The first kappa shape index (κ1) is 15.7. The molecular weight excluding hydrogens is 264 g/mol. The molecule has 0 unspecified atom stereocenters. The number of benzene rings is 1. The predicted molar refractivity (Wildman–Crippen MR) is 74.4 cm³/mol. The number of aryl methyl sites for hydroxylation is 1. The Hall–Kier alpha value is -1.40. The lowest BCUT2D eigenvalue weighted by Crippen LogP contribution is -2.32. The van der Waals surface area contributed by atoms with Gasteiger partial charge in [0.2, 0.25) is 15.9 Å². The SMILES string of the molecule is CCC[C@@H](C)NS(=O)(=O)c1ccc(C)c(C(N)=O)c1. The first-order valence-electron chi connectivity index (χ1n) is 6.20. The van der Waals surface area contributed by atoms with Crippen LogP contribution >= 0.6 is 0 Å². The lowest BCUT2D eigenvalue weighted by Gasteiger charge is -2.14.